The van der Waals surface area contributed by atoms with Crippen LogP contribution in [0.5, 0.6) is 0 Å². The van der Waals surface area contributed by atoms with Gasteiger partial charge in [-0.15, -0.1) is 0 Å². The van der Waals surface area contributed by atoms with Crippen LogP contribution >= 0.6 is 0 Å². The number of carbonyl (C=O) groups excluding carboxylic acids is 1. The molecule has 1 saturated heterocycles. The van der Waals surface area contributed by atoms with Crippen LogP contribution in [0.2, 0.25) is 0 Å². The van der Waals surface area contributed by atoms with Crippen LogP contribution in [0.25, 0.3) is 22.6 Å². The summed E-state index contributed by atoms with van der Waals surface area (Å²) in [7, 11) is 0. The molecule has 3 aromatic heterocycles. The third kappa shape index (κ3) is 6.22. The van der Waals surface area contributed by atoms with E-state index in [0.717, 1.165) is 40.6 Å². The van der Waals surface area contributed by atoms with Crippen LogP contribution in [0, 0.1) is 5.82 Å². The molecule has 1 aliphatic carbocycles. The number of carbonyl (C=O) groups is 1. The number of hydrogen-bond donors (Lipinski definition) is 2. The smallest absolute Gasteiger partial charge is 0.317 e. The number of urea groups is 1. The lowest BCUT2D eigenvalue weighted by Crippen LogP contribution is -2.47. The zero-order valence-electron chi connectivity index (χ0n) is 28.3. The van der Waals surface area contributed by atoms with Crippen molar-refractivity contribution in [1.29, 1.82) is 0 Å². The molecule has 2 aliphatic rings. The Bertz CT molecular complexity index is 2090. The molecule has 4 heterocycles. The van der Waals surface area contributed by atoms with Crippen LogP contribution in [-0.4, -0.2) is 66.8 Å². The van der Waals surface area contributed by atoms with Gasteiger partial charge in [0.1, 0.15) is 11.2 Å². The number of anilines is 1. The van der Waals surface area contributed by atoms with E-state index in [9.17, 15) is 13.6 Å². The second-order valence-corrected chi connectivity index (χ2v) is 13.5. The third-order valence-electron chi connectivity index (χ3n) is 10.1. The maximum absolute atomic E-state index is 15.4. The molecule has 1 saturated carbocycles. The minimum atomic E-state index is -2.86. The fourth-order valence-corrected chi connectivity index (χ4v) is 7.66. The van der Waals surface area contributed by atoms with Crippen molar-refractivity contribution in [2.45, 2.75) is 55.6 Å². The Balaban J connectivity index is 1.17. The Labute approximate surface area is 298 Å². The molecular weight excluding hydrogens is 665 g/mol. The number of nitrogens with zero attached hydrogens (tertiary/aromatic N) is 6. The quantitative estimate of drug-likeness (QED) is 0.158. The Morgan fingerprint density at radius 1 is 0.827 bits per heavy atom. The van der Waals surface area contributed by atoms with Crippen molar-refractivity contribution in [3.8, 4) is 11.5 Å². The van der Waals surface area contributed by atoms with Gasteiger partial charge in [-0.3, -0.25) is 0 Å². The maximum atomic E-state index is 15.4. The van der Waals surface area contributed by atoms with Crippen molar-refractivity contribution in [2.24, 2.45) is 0 Å². The summed E-state index contributed by atoms with van der Waals surface area (Å²) < 4.78 is 44.8. The van der Waals surface area contributed by atoms with Crippen LogP contribution in [0.3, 0.4) is 0 Å². The minimum Gasteiger partial charge on any atom is -0.365 e. The molecule has 3 aromatic carbocycles. The first kappa shape index (κ1) is 33.4. The number of aromatic nitrogens is 5. The molecular formula is C40H37F3N8O. The molecule has 6 aromatic rings. The highest BCUT2D eigenvalue weighted by molar-refractivity contribution is 5.90. The Hall–Kier alpha value is -5.78. The first-order chi connectivity index (χ1) is 25.3. The summed E-state index contributed by atoms with van der Waals surface area (Å²) in [6.45, 7) is -0.559. The summed E-state index contributed by atoms with van der Waals surface area (Å²) in [6, 6.07) is 33.2. The average Bonchev–Trinajstić information content (AvgIpc) is 3.75. The van der Waals surface area contributed by atoms with Crippen LogP contribution in [-0.2, 0) is 5.54 Å². The number of likely N-dealkylation sites (tertiary alicyclic amines) is 1. The normalized spacial score (nSPS) is 18.7. The van der Waals surface area contributed by atoms with Crippen molar-refractivity contribution < 1.29 is 18.0 Å². The lowest BCUT2D eigenvalue weighted by molar-refractivity contribution is 0.0152. The number of hydrogen-bond acceptors (Lipinski definition) is 6. The fraction of sp³-hybridized carbons (Fsp3) is 0.275. The minimum absolute atomic E-state index is 0.0191. The SMILES string of the molecule is O=C(N[C@@H]1CCC[C@H](Nc2nc(-c3nn(C(c4ccccc4)(c4ccccc4)c4ccccc4)c4ncccc34)ncc2F)C1)N1CCC(F)(F)C1. The van der Waals surface area contributed by atoms with E-state index in [1.165, 1.54) is 0 Å². The number of amides is 2. The molecule has 9 nitrogen and oxygen atoms in total. The van der Waals surface area contributed by atoms with E-state index in [1.54, 1.807) is 6.20 Å². The summed E-state index contributed by atoms with van der Waals surface area (Å²) in [4.78, 5) is 27.9. The van der Waals surface area contributed by atoms with E-state index < -0.39 is 29.9 Å². The van der Waals surface area contributed by atoms with E-state index in [4.69, 9.17) is 10.1 Å². The summed E-state index contributed by atoms with van der Waals surface area (Å²) in [5, 5.41) is 12.1. The van der Waals surface area contributed by atoms with Gasteiger partial charge in [0, 0.05) is 31.2 Å². The summed E-state index contributed by atoms with van der Waals surface area (Å²) in [5.41, 5.74) is 2.98. The van der Waals surface area contributed by atoms with Crippen LogP contribution in [0.4, 0.5) is 23.8 Å². The fourth-order valence-electron chi connectivity index (χ4n) is 7.66. The first-order valence-corrected chi connectivity index (χ1v) is 17.6. The highest BCUT2D eigenvalue weighted by Crippen LogP contribution is 2.43. The van der Waals surface area contributed by atoms with Crippen LogP contribution in [0.1, 0.15) is 48.8 Å². The Morgan fingerprint density at radius 3 is 2.08 bits per heavy atom. The number of rotatable bonds is 8. The number of pyridine rings is 1. The van der Waals surface area contributed by atoms with Gasteiger partial charge >= 0.3 is 6.03 Å². The van der Waals surface area contributed by atoms with Gasteiger partial charge in [0.05, 0.1) is 18.1 Å². The lowest BCUT2D eigenvalue weighted by Gasteiger charge is -2.36. The standard InChI is InChI=1S/C40H37F3N8O/c41-33-25-45-36(48-35(33)46-30-18-10-19-31(24-30)47-38(52)50-23-21-39(42,43)26-50)34-32-20-11-22-44-37(32)51(49-34)40(27-12-4-1-5-13-27,28-14-6-2-7-15-28)29-16-8-3-9-17-29/h1-9,11-17,20,22,25,30-31H,10,18-19,21,23-24,26H2,(H,47,52)(H,45,46,48)/t30-,31+/m0/s1. The third-order valence-corrected chi connectivity index (χ3v) is 10.1. The summed E-state index contributed by atoms with van der Waals surface area (Å²) in [5.74, 6) is -3.24. The largest absolute Gasteiger partial charge is 0.365 e. The van der Waals surface area contributed by atoms with Gasteiger partial charge in [0.15, 0.2) is 23.1 Å². The maximum Gasteiger partial charge on any atom is 0.317 e. The molecule has 0 spiro atoms. The van der Waals surface area contributed by atoms with Crippen LogP contribution in [0.15, 0.2) is 116 Å². The Kier molecular flexibility index (Phi) is 8.82. The second kappa shape index (κ2) is 13.7. The number of benzene rings is 3. The molecule has 8 rings (SSSR count). The van der Waals surface area contributed by atoms with Crippen molar-refractivity contribution in [3.05, 3.63) is 138 Å². The Morgan fingerprint density at radius 2 is 1.46 bits per heavy atom. The highest BCUT2D eigenvalue weighted by atomic mass is 19.3. The second-order valence-electron chi connectivity index (χ2n) is 13.5. The van der Waals surface area contributed by atoms with Crippen molar-refractivity contribution in [3.63, 3.8) is 0 Å². The molecule has 1 aliphatic heterocycles. The van der Waals surface area contributed by atoms with Gasteiger partial charge in [-0.25, -0.2) is 37.6 Å². The zero-order valence-corrected chi connectivity index (χ0v) is 28.3. The van der Waals surface area contributed by atoms with Crippen molar-refractivity contribution in [1.82, 2.24) is 34.9 Å². The van der Waals surface area contributed by atoms with E-state index in [-0.39, 0.29) is 36.7 Å². The van der Waals surface area contributed by atoms with E-state index in [2.05, 4.69) is 57.0 Å². The van der Waals surface area contributed by atoms with Crippen molar-refractivity contribution >= 4 is 22.9 Å². The molecule has 2 fully saturated rings. The summed E-state index contributed by atoms with van der Waals surface area (Å²) >= 11 is 0. The molecule has 2 atom stereocenters. The van der Waals surface area contributed by atoms with Gasteiger partial charge in [0.25, 0.3) is 5.92 Å². The first-order valence-electron chi connectivity index (χ1n) is 17.6. The average molecular weight is 703 g/mol. The topological polar surface area (TPSA) is 101 Å². The number of fused-ring (bicyclic) bond motifs is 1. The monoisotopic (exact) mass is 702 g/mol. The van der Waals surface area contributed by atoms with Gasteiger partial charge in [-0.2, -0.15) is 5.10 Å². The van der Waals surface area contributed by atoms with Gasteiger partial charge in [0.2, 0.25) is 0 Å². The molecule has 52 heavy (non-hydrogen) atoms. The van der Waals surface area contributed by atoms with E-state index in [1.807, 2.05) is 71.4 Å². The predicted octanol–water partition coefficient (Wildman–Crippen LogP) is 7.64. The number of halogens is 3. The van der Waals surface area contributed by atoms with E-state index in [0.29, 0.717) is 29.6 Å². The van der Waals surface area contributed by atoms with Crippen LogP contribution < -0.4 is 10.6 Å². The predicted molar refractivity (Wildman–Crippen MR) is 192 cm³/mol. The molecule has 12 heteroatoms. The molecule has 0 unspecified atom stereocenters. The van der Waals surface area contributed by atoms with Gasteiger partial charge in [-0.1, -0.05) is 91.0 Å². The van der Waals surface area contributed by atoms with Gasteiger partial charge in [-0.05, 0) is 54.5 Å². The number of alkyl halides is 2. The zero-order chi connectivity index (χ0) is 35.7. The molecule has 0 bridgehead atoms. The highest BCUT2D eigenvalue weighted by Gasteiger charge is 2.42. The summed E-state index contributed by atoms with van der Waals surface area (Å²) in [6.07, 6.45) is 5.21. The molecule has 2 amide bonds. The lowest BCUT2D eigenvalue weighted by atomic mass is 9.77. The number of nitrogens with one attached hydrogen (secondary N) is 2. The van der Waals surface area contributed by atoms with E-state index >= 15 is 4.39 Å². The molecule has 2 N–H and O–H groups in total. The van der Waals surface area contributed by atoms with Crippen molar-refractivity contribution in [2.75, 3.05) is 18.4 Å². The molecule has 0 radical (unpaired) electrons. The van der Waals surface area contributed by atoms with Gasteiger partial charge < -0.3 is 15.5 Å². The molecule has 264 valence electrons.